The highest BCUT2D eigenvalue weighted by atomic mass is 16.2. The molecule has 0 atom stereocenters. The number of nitrogens with zero attached hydrogens (tertiary/aromatic N) is 4. The third-order valence-corrected chi connectivity index (χ3v) is 4.26. The van der Waals surface area contributed by atoms with Gasteiger partial charge in [-0.1, -0.05) is 0 Å². The molecule has 0 saturated carbocycles. The molecule has 0 radical (unpaired) electrons. The first-order chi connectivity index (χ1) is 10.7. The molecule has 1 saturated heterocycles. The van der Waals surface area contributed by atoms with Crippen molar-refractivity contribution in [3.63, 3.8) is 0 Å². The second-order valence-corrected chi connectivity index (χ2v) is 5.74. The first-order valence-electron chi connectivity index (χ1n) is 7.42. The van der Waals surface area contributed by atoms with E-state index in [0.29, 0.717) is 5.69 Å². The minimum Gasteiger partial charge on any atom is -0.338 e. The van der Waals surface area contributed by atoms with Crippen LogP contribution in [0.2, 0.25) is 0 Å². The summed E-state index contributed by atoms with van der Waals surface area (Å²) in [5, 5.41) is 2.02. The number of fused-ring (bicyclic) bond motifs is 3. The Bertz CT molecular complexity index is 848. The van der Waals surface area contributed by atoms with Gasteiger partial charge in [0, 0.05) is 43.1 Å². The highest BCUT2D eigenvalue weighted by Crippen LogP contribution is 2.24. The van der Waals surface area contributed by atoms with E-state index < -0.39 is 0 Å². The lowest BCUT2D eigenvalue weighted by Gasteiger charge is -2.32. The monoisotopic (exact) mass is 295 g/mol. The zero-order valence-electron chi connectivity index (χ0n) is 12.4. The Morgan fingerprint density at radius 3 is 2.82 bits per heavy atom. The van der Waals surface area contributed by atoms with Crippen molar-refractivity contribution in [3.8, 4) is 0 Å². The molecule has 1 fully saturated rings. The maximum absolute atomic E-state index is 12.6. The van der Waals surface area contributed by atoms with E-state index in [1.807, 2.05) is 23.1 Å². The van der Waals surface area contributed by atoms with Crippen LogP contribution >= 0.6 is 0 Å². The summed E-state index contributed by atoms with van der Waals surface area (Å²) in [4.78, 5) is 28.6. The predicted octanol–water partition coefficient (Wildman–Crippen LogP) is 1.50. The smallest absolute Gasteiger partial charge is 0.272 e. The van der Waals surface area contributed by atoms with Crippen LogP contribution in [0.4, 0.5) is 0 Å². The Balaban J connectivity index is 1.72. The van der Waals surface area contributed by atoms with Gasteiger partial charge in [0.15, 0.2) is 0 Å². The van der Waals surface area contributed by atoms with E-state index >= 15 is 0 Å². The van der Waals surface area contributed by atoms with Gasteiger partial charge in [0.05, 0.1) is 11.7 Å². The van der Waals surface area contributed by atoms with Crippen molar-refractivity contribution in [3.05, 3.63) is 36.3 Å². The first kappa shape index (κ1) is 13.2. The quantitative estimate of drug-likeness (QED) is 0.739. The molecule has 1 amide bonds. The van der Waals surface area contributed by atoms with Crippen LogP contribution in [0.5, 0.6) is 0 Å². The normalized spacial score (nSPS) is 16.5. The molecule has 4 rings (SSSR count). The minimum atomic E-state index is 0.00763. The van der Waals surface area contributed by atoms with Gasteiger partial charge in [-0.15, -0.1) is 0 Å². The average molecular weight is 295 g/mol. The molecule has 0 unspecified atom stereocenters. The lowest BCUT2D eigenvalue weighted by molar-refractivity contribution is 0.0658. The standard InChI is InChI=1S/C16H17N5O/c1-20-5-7-21(8-6-20)16(22)13-9-12-11-3-2-4-17-15(11)19-14(12)10-18-13/h2-4,9-10H,5-8H2,1H3,(H,17,19). The number of hydrogen-bond acceptors (Lipinski definition) is 4. The number of H-pyrrole nitrogens is 1. The van der Waals surface area contributed by atoms with E-state index in [2.05, 4.69) is 26.9 Å². The first-order valence-corrected chi connectivity index (χ1v) is 7.42. The van der Waals surface area contributed by atoms with Gasteiger partial charge in [0.1, 0.15) is 11.3 Å². The number of carbonyl (C=O) groups excluding carboxylic acids is 1. The van der Waals surface area contributed by atoms with Crippen LogP contribution in [-0.4, -0.2) is 63.9 Å². The van der Waals surface area contributed by atoms with Crippen LogP contribution in [0.25, 0.3) is 21.9 Å². The van der Waals surface area contributed by atoms with E-state index in [1.54, 1.807) is 12.4 Å². The van der Waals surface area contributed by atoms with Gasteiger partial charge in [-0.05, 0) is 25.2 Å². The molecule has 6 heteroatoms. The Labute approximate surface area is 127 Å². The molecule has 0 bridgehead atoms. The molecule has 0 spiro atoms. The lowest BCUT2D eigenvalue weighted by Crippen LogP contribution is -2.47. The molecule has 1 N–H and O–H groups in total. The summed E-state index contributed by atoms with van der Waals surface area (Å²) in [6.07, 6.45) is 3.47. The highest BCUT2D eigenvalue weighted by molar-refractivity contribution is 6.07. The Kier molecular flexibility index (Phi) is 3.04. The number of aromatic nitrogens is 3. The molecule has 0 aliphatic carbocycles. The van der Waals surface area contributed by atoms with Crippen molar-refractivity contribution in [2.75, 3.05) is 33.2 Å². The lowest BCUT2D eigenvalue weighted by atomic mass is 10.2. The maximum Gasteiger partial charge on any atom is 0.272 e. The van der Waals surface area contributed by atoms with Crippen LogP contribution in [0, 0.1) is 0 Å². The van der Waals surface area contributed by atoms with Gasteiger partial charge in [-0.3, -0.25) is 4.79 Å². The van der Waals surface area contributed by atoms with Crippen LogP contribution in [-0.2, 0) is 0 Å². The highest BCUT2D eigenvalue weighted by Gasteiger charge is 2.21. The summed E-state index contributed by atoms with van der Waals surface area (Å²) in [5.74, 6) is 0.00763. The number of aromatic amines is 1. The third-order valence-electron chi connectivity index (χ3n) is 4.26. The second-order valence-electron chi connectivity index (χ2n) is 5.74. The van der Waals surface area contributed by atoms with Crippen molar-refractivity contribution < 1.29 is 4.79 Å². The topological polar surface area (TPSA) is 65.1 Å². The van der Waals surface area contributed by atoms with Crippen molar-refractivity contribution in [1.29, 1.82) is 0 Å². The fourth-order valence-corrected chi connectivity index (χ4v) is 2.92. The van der Waals surface area contributed by atoms with Crippen molar-refractivity contribution in [2.45, 2.75) is 0 Å². The summed E-state index contributed by atoms with van der Waals surface area (Å²) in [6.45, 7) is 3.32. The molecule has 3 aromatic rings. The Morgan fingerprint density at radius 2 is 2.00 bits per heavy atom. The summed E-state index contributed by atoms with van der Waals surface area (Å²) in [6, 6.07) is 5.78. The van der Waals surface area contributed by atoms with Gasteiger partial charge in [0.2, 0.25) is 0 Å². The van der Waals surface area contributed by atoms with Gasteiger partial charge in [0.25, 0.3) is 5.91 Å². The minimum absolute atomic E-state index is 0.00763. The van der Waals surface area contributed by atoms with E-state index in [-0.39, 0.29) is 5.91 Å². The van der Waals surface area contributed by atoms with Crippen LogP contribution in [0.15, 0.2) is 30.6 Å². The molecule has 3 aromatic heterocycles. The number of pyridine rings is 2. The number of carbonyl (C=O) groups is 1. The molecule has 4 heterocycles. The SMILES string of the molecule is CN1CCN(C(=O)c2cc3c(cn2)[nH]c2ncccc23)CC1. The Hall–Kier alpha value is -2.47. The van der Waals surface area contributed by atoms with E-state index in [0.717, 1.165) is 48.1 Å². The number of nitrogens with one attached hydrogen (secondary N) is 1. The third kappa shape index (κ3) is 2.12. The largest absolute Gasteiger partial charge is 0.338 e. The second kappa shape index (κ2) is 5.06. The predicted molar refractivity (Wildman–Crippen MR) is 84.8 cm³/mol. The van der Waals surface area contributed by atoms with Crippen molar-refractivity contribution >= 4 is 27.8 Å². The summed E-state index contributed by atoms with van der Waals surface area (Å²) in [5.41, 5.74) is 2.23. The zero-order chi connectivity index (χ0) is 15.1. The summed E-state index contributed by atoms with van der Waals surface area (Å²) in [7, 11) is 2.07. The molecule has 0 aromatic carbocycles. The molecule has 22 heavy (non-hydrogen) atoms. The molecule has 112 valence electrons. The summed E-state index contributed by atoms with van der Waals surface area (Å²) >= 11 is 0. The fourth-order valence-electron chi connectivity index (χ4n) is 2.92. The molecular formula is C16H17N5O. The van der Waals surface area contributed by atoms with Gasteiger partial charge < -0.3 is 14.8 Å². The van der Waals surface area contributed by atoms with E-state index in [4.69, 9.17) is 0 Å². The van der Waals surface area contributed by atoms with Crippen LogP contribution in [0.3, 0.4) is 0 Å². The molecular weight excluding hydrogens is 278 g/mol. The molecule has 6 nitrogen and oxygen atoms in total. The number of likely N-dealkylation sites (N-methyl/N-ethyl adjacent to an activating group) is 1. The van der Waals surface area contributed by atoms with Gasteiger partial charge >= 0.3 is 0 Å². The number of rotatable bonds is 1. The molecule has 1 aliphatic rings. The number of amides is 1. The van der Waals surface area contributed by atoms with Crippen LogP contribution < -0.4 is 0 Å². The maximum atomic E-state index is 12.6. The Morgan fingerprint density at radius 1 is 1.18 bits per heavy atom. The fraction of sp³-hybridized carbons (Fsp3) is 0.312. The van der Waals surface area contributed by atoms with Crippen LogP contribution in [0.1, 0.15) is 10.5 Å². The number of hydrogen-bond donors (Lipinski definition) is 1. The van der Waals surface area contributed by atoms with Crippen molar-refractivity contribution in [2.24, 2.45) is 0 Å². The van der Waals surface area contributed by atoms with Gasteiger partial charge in [-0.2, -0.15) is 0 Å². The zero-order valence-corrected chi connectivity index (χ0v) is 12.4. The van der Waals surface area contributed by atoms with E-state index in [9.17, 15) is 4.79 Å². The van der Waals surface area contributed by atoms with Gasteiger partial charge in [-0.25, -0.2) is 9.97 Å². The average Bonchev–Trinajstić information content (AvgIpc) is 2.92. The number of piperazine rings is 1. The van der Waals surface area contributed by atoms with Crippen molar-refractivity contribution in [1.82, 2.24) is 24.8 Å². The molecule has 1 aliphatic heterocycles. The summed E-state index contributed by atoms with van der Waals surface area (Å²) < 4.78 is 0. The van der Waals surface area contributed by atoms with E-state index in [1.165, 1.54) is 0 Å².